The number of Topliss-reactive ketones (excluding diaryl/α,β-unsaturated/α-hetero) is 2. The standard InChI is InChI=1S/C17H18O4S/c1-8-9(2)17(21)15(11(4)16(8)20)10(3)13-6-5-12(22-13)7-14(18)19/h5-6,10H,7H2,1-4H3,(H,18,19). The van der Waals surface area contributed by atoms with E-state index in [0.717, 1.165) is 9.75 Å². The second kappa shape index (κ2) is 6.01. The van der Waals surface area contributed by atoms with Gasteiger partial charge in [0.05, 0.1) is 6.42 Å². The molecule has 1 atom stereocenters. The third-order valence-electron chi connectivity index (χ3n) is 4.10. The Morgan fingerprint density at radius 2 is 1.68 bits per heavy atom. The molecular weight excluding hydrogens is 300 g/mol. The van der Waals surface area contributed by atoms with E-state index in [0.29, 0.717) is 22.3 Å². The number of thiophene rings is 1. The molecule has 1 N–H and O–H groups in total. The normalized spacial score (nSPS) is 17.3. The number of ketones is 2. The van der Waals surface area contributed by atoms with Crippen molar-refractivity contribution in [1.29, 1.82) is 0 Å². The van der Waals surface area contributed by atoms with Gasteiger partial charge in [-0.2, -0.15) is 0 Å². The predicted molar refractivity (Wildman–Crippen MR) is 85.2 cm³/mol. The molecular formula is C17H18O4S. The molecule has 0 radical (unpaired) electrons. The van der Waals surface area contributed by atoms with E-state index >= 15 is 0 Å². The summed E-state index contributed by atoms with van der Waals surface area (Å²) in [5, 5.41) is 8.84. The van der Waals surface area contributed by atoms with Gasteiger partial charge in [0.2, 0.25) is 0 Å². The van der Waals surface area contributed by atoms with Crippen LogP contribution in [0.3, 0.4) is 0 Å². The zero-order valence-corrected chi connectivity index (χ0v) is 13.8. The molecule has 1 unspecified atom stereocenters. The van der Waals surface area contributed by atoms with Crippen LogP contribution < -0.4 is 0 Å². The lowest BCUT2D eigenvalue weighted by Crippen LogP contribution is -2.23. The van der Waals surface area contributed by atoms with Gasteiger partial charge in [0.25, 0.3) is 0 Å². The van der Waals surface area contributed by atoms with Gasteiger partial charge in [-0.3, -0.25) is 14.4 Å². The molecule has 0 aromatic carbocycles. The summed E-state index contributed by atoms with van der Waals surface area (Å²) >= 11 is 1.38. The molecule has 0 amide bonds. The highest BCUT2D eigenvalue weighted by atomic mass is 32.1. The quantitative estimate of drug-likeness (QED) is 0.865. The summed E-state index contributed by atoms with van der Waals surface area (Å²) in [6.45, 7) is 6.93. The summed E-state index contributed by atoms with van der Waals surface area (Å²) in [5.74, 6) is -1.27. The average Bonchev–Trinajstić information content (AvgIpc) is 2.90. The third kappa shape index (κ3) is 2.81. The first-order valence-electron chi connectivity index (χ1n) is 7.02. The van der Waals surface area contributed by atoms with E-state index in [1.54, 1.807) is 26.8 Å². The molecule has 116 valence electrons. The molecule has 0 fully saturated rings. The number of aliphatic carboxylic acids is 1. The fraction of sp³-hybridized carbons (Fsp3) is 0.353. The Morgan fingerprint density at radius 1 is 1.09 bits per heavy atom. The van der Waals surface area contributed by atoms with Gasteiger partial charge in [-0.15, -0.1) is 11.3 Å². The van der Waals surface area contributed by atoms with Crippen molar-refractivity contribution in [3.63, 3.8) is 0 Å². The van der Waals surface area contributed by atoms with E-state index in [4.69, 9.17) is 5.11 Å². The van der Waals surface area contributed by atoms with Gasteiger partial charge < -0.3 is 5.11 Å². The maximum absolute atomic E-state index is 12.5. The summed E-state index contributed by atoms with van der Waals surface area (Å²) < 4.78 is 0. The molecule has 5 heteroatoms. The van der Waals surface area contributed by atoms with E-state index in [2.05, 4.69) is 0 Å². The van der Waals surface area contributed by atoms with E-state index in [1.807, 2.05) is 13.0 Å². The van der Waals surface area contributed by atoms with Crippen LogP contribution in [0.25, 0.3) is 0 Å². The van der Waals surface area contributed by atoms with Gasteiger partial charge in [0, 0.05) is 38.0 Å². The first kappa shape index (κ1) is 16.4. The minimum Gasteiger partial charge on any atom is -0.481 e. The van der Waals surface area contributed by atoms with Crippen molar-refractivity contribution >= 4 is 28.9 Å². The molecule has 1 aromatic heterocycles. The lowest BCUT2D eigenvalue weighted by Gasteiger charge is -2.22. The third-order valence-corrected chi connectivity index (χ3v) is 5.37. The maximum atomic E-state index is 12.5. The lowest BCUT2D eigenvalue weighted by molar-refractivity contribution is -0.136. The minimum absolute atomic E-state index is 0.0274. The number of carbonyl (C=O) groups is 3. The molecule has 1 aliphatic rings. The second-order valence-electron chi connectivity index (χ2n) is 5.54. The van der Waals surface area contributed by atoms with Crippen molar-refractivity contribution in [2.45, 2.75) is 40.0 Å². The van der Waals surface area contributed by atoms with E-state index in [1.165, 1.54) is 11.3 Å². The Labute approximate surface area is 133 Å². The second-order valence-corrected chi connectivity index (χ2v) is 6.74. The lowest BCUT2D eigenvalue weighted by atomic mass is 9.80. The zero-order valence-electron chi connectivity index (χ0n) is 13.0. The molecule has 1 aliphatic carbocycles. The topological polar surface area (TPSA) is 71.4 Å². The van der Waals surface area contributed by atoms with Gasteiger partial charge in [-0.25, -0.2) is 0 Å². The van der Waals surface area contributed by atoms with Crippen LogP contribution in [0.5, 0.6) is 0 Å². The van der Waals surface area contributed by atoms with Gasteiger partial charge in [0.15, 0.2) is 11.6 Å². The largest absolute Gasteiger partial charge is 0.481 e. The van der Waals surface area contributed by atoms with Crippen LogP contribution in [-0.2, 0) is 20.8 Å². The van der Waals surface area contributed by atoms with Crippen LogP contribution in [0.15, 0.2) is 34.4 Å². The molecule has 2 rings (SSSR count). The predicted octanol–water partition coefficient (Wildman–Crippen LogP) is 3.28. The van der Waals surface area contributed by atoms with E-state index < -0.39 is 5.97 Å². The number of hydrogen-bond donors (Lipinski definition) is 1. The highest BCUT2D eigenvalue weighted by Crippen LogP contribution is 2.37. The van der Waals surface area contributed by atoms with Crippen molar-refractivity contribution in [3.8, 4) is 0 Å². The molecule has 0 aliphatic heterocycles. The minimum atomic E-state index is -0.880. The number of hydrogen-bond acceptors (Lipinski definition) is 4. The number of carboxylic acids is 1. The Hall–Kier alpha value is -2.01. The summed E-state index contributed by atoms with van der Waals surface area (Å²) in [4.78, 5) is 37.2. The molecule has 0 saturated carbocycles. The van der Waals surface area contributed by atoms with Crippen LogP contribution in [0, 0.1) is 0 Å². The van der Waals surface area contributed by atoms with Gasteiger partial charge in [-0.1, -0.05) is 6.92 Å². The molecule has 4 nitrogen and oxygen atoms in total. The average molecular weight is 318 g/mol. The Kier molecular flexibility index (Phi) is 4.47. The molecule has 0 bridgehead atoms. The van der Waals surface area contributed by atoms with Crippen molar-refractivity contribution < 1.29 is 19.5 Å². The molecule has 1 aromatic rings. The number of rotatable bonds is 4. The summed E-state index contributed by atoms with van der Waals surface area (Å²) in [7, 11) is 0. The van der Waals surface area contributed by atoms with Crippen molar-refractivity contribution in [2.75, 3.05) is 0 Å². The number of allylic oxidation sites excluding steroid dienone is 4. The summed E-state index contributed by atoms with van der Waals surface area (Å²) in [5.41, 5.74) is 2.03. The first-order chi connectivity index (χ1) is 10.2. The molecule has 22 heavy (non-hydrogen) atoms. The van der Waals surface area contributed by atoms with Crippen LogP contribution in [0.4, 0.5) is 0 Å². The Morgan fingerprint density at radius 3 is 2.27 bits per heavy atom. The van der Waals surface area contributed by atoms with E-state index in [-0.39, 0.29) is 23.9 Å². The van der Waals surface area contributed by atoms with Gasteiger partial charge in [0.1, 0.15) is 0 Å². The highest BCUT2D eigenvalue weighted by Gasteiger charge is 2.31. The number of carboxylic acid groups (broad SMARTS) is 1. The van der Waals surface area contributed by atoms with Gasteiger partial charge in [-0.05, 0) is 32.9 Å². The van der Waals surface area contributed by atoms with Crippen LogP contribution in [0.2, 0.25) is 0 Å². The number of carbonyl (C=O) groups excluding carboxylic acids is 2. The van der Waals surface area contributed by atoms with Crippen molar-refractivity contribution in [2.24, 2.45) is 0 Å². The fourth-order valence-electron chi connectivity index (χ4n) is 2.65. The van der Waals surface area contributed by atoms with Crippen LogP contribution >= 0.6 is 11.3 Å². The smallest absolute Gasteiger partial charge is 0.308 e. The Bertz CT molecular complexity index is 734. The monoisotopic (exact) mass is 318 g/mol. The van der Waals surface area contributed by atoms with Gasteiger partial charge >= 0.3 is 5.97 Å². The van der Waals surface area contributed by atoms with Crippen LogP contribution in [-0.4, -0.2) is 22.6 Å². The fourth-order valence-corrected chi connectivity index (χ4v) is 3.72. The first-order valence-corrected chi connectivity index (χ1v) is 7.83. The summed E-state index contributed by atoms with van der Waals surface area (Å²) in [6.07, 6.45) is -0.0274. The molecule has 1 heterocycles. The molecule has 0 saturated heterocycles. The Balaban J connectivity index is 2.38. The highest BCUT2D eigenvalue weighted by molar-refractivity contribution is 7.12. The SMILES string of the molecule is CC1=C(C)C(=O)C(C(C)c2ccc(CC(=O)O)s2)=C(C)C1=O. The maximum Gasteiger partial charge on any atom is 0.308 e. The van der Waals surface area contributed by atoms with E-state index in [9.17, 15) is 14.4 Å². The van der Waals surface area contributed by atoms with Crippen molar-refractivity contribution in [1.82, 2.24) is 0 Å². The summed E-state index contributed by atoms with van der Waals surface area (Å²) in [6, 6.07) is 3.61. The molecule has 0 spiro atoms. The zero-order chi connectivity index (χ0) is 16.6. The van der Waals surface area contributed by atoms with Crippen LogP contribution in [0.1, 0.15) is 43.4 Å². The van der Waals surface area contributed by atoms with Crippen molar-refractivity contribution in [3.05, 3.63) is 44.2 Å².